The van der Waals surface area contributed by atoms with Crippen LogP contribution >= 0.6 is 0 Å². The lowest BCUT2D eigenvalue weighted by Gasteiger charge is -2.30. The molecule has 0 bridgehead atoms. The van der Waals surface area contributed by atoms with Gasteiger partial charge in [-0.1, -0.05) is 70.9 Å². The molecule has 3 nitrogen and oxygen atoms in total. The molecule has 0 saturated carbocycles. The van der Waals surface area contributed by atoms with Crippen molar-refractivity contribution >= 4 is 14.0 Å². The third-order valence-corrected chi connectivity index (χ3v) is 6.72. The average molecular weight is 353 g/mol. The van der Waals surface area contributed by atoms with E-state index in [1.165, 1.54) is 6.42 Å². The predicted octanol–water partition coefficient (Wildman–Crippen LogP) is 4.92. The van der Waals surface area contributed by atoms with Gasteiger partial charge in [-0.15, -0.1) is 0 Å². The van der Waals surface area contributed by atoms with Gasteiger partial charge in [0.05, 0.1) is 0 Å². The number of hydrogen-bond acceptors (Lipinski definition) is 3. The smallest absolute Gasteiger partial charge is 0.370 e. The highest BCUT2D eigenvalue weighted by Gasteiger charge is 2.43. The molecule has 0 radical (unpaired) electrons. The third-order valence-electron chi connectivity index (χ3n) is 3.93. The van der Waals surface area contributed by atoms with Gasteiger partial charge in [-0.2, -0.15) is 0 Å². The summed E-state index contributed by atoms with van der Waals surface area (Å²) in [7, 11) is -2.82. The SMILES string of the molecule is CCCCO[Si](OCCCC)(OCCCC(C)C)c1ccccc1. The normalized spacial score (nSPS) is 12.0. The lowest BCUT2D eigenvalue weighted by molar-refractivity contribution is 0.0690. The number of unbranched alkanes of at least 4 members (excludes halogenated alkanes) is 2. The molecule has 1 aromatic rings. The van der Waals surface area contributed by atoms with Gasteiger partial charge >= 0.3 is 8.80 Å². The van der Waals surface area contributed by atoms with Crippen LogP contribution in [-0.2, 0) is 13.3 Å². The fourth-order valence-corrected chi connectivity index (χ4v) is 5.01. The monoisotopic (exact) mass is 352 g/mol. The molecule has 4 heteroatoms. The van der Waals surface area contributed by atoms with Gasteiger partial charge in [0.1, 0.15) is 0 Å². The van der Waals surface area contributed by atoms with Crippen molar-refractivity contribution in [3.63, 3.8) is 0 Å². The van der Waals surface area contributed by atoms with E-state index in [0.29, 0.717) is 25.7 Å². The molecule has 0 aliphatic heterocycles. The molecule has 1 aromatic carbocycles. The fraction of sp³-hybridized carbons (Fsp3) is 0.700. The molecule has 0 aliphatic carbocycles. The van der Waals surface area contributed by atoms with Gasteiger partial charge < -0.3 is 13.3 Å². The van der Waals surface area contributed by atoms with E-state index >= 15 is 0 Å². The molecule has 0 saturated heterocycles. The number of benzene rings is 1. The lowest BCUT2D eigenvalue weighted by atomic mass is 10.1. The average Bonchev–Trinajstić information content (AvgIpc) is 2.59. The fourth-order valence-electron chi connectivity index (χ4n) is 2.42. The summed E-state index contributed by atoms with van der Waals surface area (Å²) >= 11 is 0. The van der Waals surface area contributed by atoms with E-state index < -0.39 is 8.80 Å². The summed E-state index contributed by atoms with van der Waals surface area (Å²) in [6.45, 7) is 11.0. The third kappa shape index (κ3) is 7.93. The molecule has 0 spiro atoms. The second-order valence-corrected chi connectivity index (χ2v) is 9.27. The van der Waals surface area contributed by atoms with Crippen LogP contribution < -0.4 is 5.19 Å². The quantitative estimate of drug-likeness (QED) is 0.351. The summed E-state index contributed by atoms with van der Waals surface area (Å²) in [6, 6.07) is 10.3. The first-order chi connectivity index (χ1) is 11.6. The van der Waals surface area contributed by atoms with Crippen LogP contribution in [-0.4, -0.2) is 28.6 Å². The largest absolute Gasteiger partial charge is 0.537 e. The minimum absolute atomic E-state index is 0.698. The summed E-state index contributed by atoms with van der Waals surface area (Å²) in [5, 5.41) is 1.08. The molecule has 0 atom stereocenters. The minimum atomic E-state index is -2.82. The Bertz CT molecular complexity index is 399. The zero-order valence-electron chi connectivity index (χ0n) is 16.1. The van der Waals surface area contributed by atoms with Gasteiger partial charge in [0, 0.05) is 25.0 Å². The van der Waals surface area contributed by atoms with Crippen molar-refractivity contribution in [1.82, 2.24) is 0 Å². The Balaban J connectivity index is 2.84. The number of rotatable bonds is 14. The summed E-state index contributed by atoms with van der Waals surface area (Å²) in [6.07, 6.45) is 6.52. The Kier molecular flexibility index (Phi) is 11.3. The summed E-state index contributed by atoms with van der Waals surface area (Å²) in [5.74, 6) is 0.698. The van der Waals surface area contributed by atoms with Gasteiger partial charge in [-0.3, -0.25) is 0 Å². The zero-order valence-corrected chi connectivity index (χ0v) is 17.1. The molecule has 24 heavy (non-hydrogen) atoms. The highest BCUT2D eigenvalue weighted by molar-refractivity contribution is 6.75. The summed E-state index contributed by atoms with van der Waals surface area (Å²) in [4.78, 5) is 0. The molecule has 0 amide bonds. The van der Waals surface area contributed by atoms with Crippen LogP contribution in [0.15, 0.2) is 30.3 Å². The van der Waals surface area contributed by atoms with Crippen molar-refractivity contribution in [2.24, 2.45) is 5.92 Å². The van der Waals surface area contributed by atoms with Crippen LogP contribution in [0.25, 0.3) is 0 Å². The van der Waals surface area contributed by atoms with Crippen molar-refractivity contribution < 1.29 is 13.3 Å². The standard InChI is InChI=1S/C20H36O3Si/c1-5-7-16-21-24(22-17-8-6-2,20-14-10-9-11-15-20)23-18-12-13-19(3)4/h9-11,14-15,19H,5-8,12-13,16-18H2,1-4H3. The van der Waals surface area contributed by atoms with Crippen LogP contribution in [0.3, 0.4) is 0 Å². The second kappa shape index (κ2) is 12.6. The van der Waals surface area contributed by atoms with Gasteiger partial charge in [0.25, 0.3) is 0 Å². The molecule has 138 valence electrons. The first-order valence-corrected chi connectivity index (χ1v) is 11.3. The maximum Gasteiger partial charge on any atom is 0.537 e. The highest BCUT2D eigenvalue weighted by atomic mass is 28.4. The molecular weight excluding hydrogens is 316 g/mol. The van der Waals surface area contributed by atoms with Gasteiger partial charge in [-0.05, 0) is 31.6 Å². The summed E-state index contributed by atoms with van der Waals surface area (Å²) < 4.78 is 19.0. The molecular formula is C20H36O3Si. The number of hydrogen-bond donors (Lipinski definition) is 0. The minimum Gasteiger partial charge on any atom is -0.370 e. The molecule has 1 rings (SSSR count). The van der Waals surface area contributed by atoms with E-state index in [0.717, 1.165) is 37.3 Å². The molecule has 0 unspecified atom stereocenters. The van der Waals surface area contributed by atoms with Crippen LogP contribution in [0.2, 0.25) is 0 Å². The van der Waals surface area contributed by atoms with E-state index in [2.05, 4.69) is 39.8 Å². The van der Waals surface area contributed by atoms with Crippen molar-refractivity contribution in [3.05, 3.63) is 30.3 Å². The van der Waals surface area contributed by atoms with Crippen molar-refractivity contribution in [3.8, 4) is 0 Å². The van der Waals surface area contributed by atoms with E-state index in [1.807, 2.05) is 18.2 Å². The van der Waals surface area contributed by atoms with Gasteiger partial charge in [-0.25, -0.2) is 0 Å². The maximum atomic E-state index is 6.35. The molecule has 0 aromatic heterocycles. The highest BCUT2D eigenvalue weighted by Crippen LogP contribution is 2.15. The molecule has 0 N–H and O–H groups in total. The first kappa shape index (κ1) is 21.4. The van der Waals surface area contributed by atoms with Crippen LogP contribution in [0.5, 0.6) is 0 Å². The zero-order chi connectivity index (χ0) is 17.7. The van der Waals surface area contributed by atoms with Crippen LogP contribution in [0.4, 0.5) is 0 Å². The van der Waals surface area contributed by atoms with Crippen molar-refractivity contribution in [2.75, 3.05) is 19.8 Å². The van der Waals surface area contributed by atoms with Gasteiger partial charge in [0.15, 0.2) is 0 Å². The first-order valence-electron chi connectivity index (χ1n) is 9.62. The second-order valence-electron chi connectivity index (χ2n) is 6.71. The lowest BCUT2D eigenvalue weighted by Crippen LogP contribution is -2.57. The van der Waals surface area contributed by atoms with Crippen molar-refractivity contribution in [1.29, 1.82) is 0 Å². The van der Waals surface area contributed by atoms with E-state index in [9.17, 15) is 0 Å². The summed E-state index contributed by atoms with van der Waals surface area (Å²) in [5.41, 5.74) is 0. The molecule has 0 fully saturated rings. The van der Waals surface area contributed by atoms with E-state index in [-0.39, 0.29) is 0 Å². The molecule has 0 heterocycles. The van der Waals surface area contributed by atoms with Crippen LogP contribution in [0, 0.1) is 5.92 Å². The Morgan fingerprint density at radius 3 is 1.75 bits per heavy atom. The molecule has 0 aliphatic rings. The van der Waals surface area contributed by atoms with E-state index in [1.54, 1.807) is 0 Å². The Morgan fingerprint density at radius 2 is 1.29 bits per heavy atom. The Hall–Kier alpha value is -0.683. The van der Waals surface area contributed by atoms with Crippen molar-refractivity contribution in [2.45, 2.75) is 66.2 Å². The topological polar surface area (TPSA) is 27.7 Å². The van der Waals surface area contributed by atoms with E-state index in [4.69, 9.17) is 13.3 Å². The maximum absolute atomic E-state index is 6.35. The van der Waals surface area contributed by atoms with Gasteiger partial charge in [0.2, 0.25) is 0 Å². The Morgan fingerprint density at radius 1 is 0.792 bits per heavy atom. The van der Waals surface area contributed by atoms with Crippen LogP contribution in [0.1, 0.15) is 66.2 Å². The Labute approximate surface area is 150 Å². The predicted molar refractivity (Wildman–Crippen MR) is 104 cm³/mol.